The van der Waals surface area contributed by atoms with Gasteiger partial charge in [-0.15, -0.1) is 0 Å². The minimum Gasteiger partial charge on any atom is -0.507 e. The van der Waals surface area contributed by atoms with Crippen LogP contribution < -0.4 is 18.9 Å². The molecule has 0 spiro atoms. The number of ketones is 1. The van der Waals surface area contributed by atoms with Crippen molar-refractivity contribution in [3.63, 3.8) is 0 Å². The summed E-state index contributed by atoms with van der Waals surface area (Å²) in [6.07, 6.45) is 1.91. The molecular weight excluding hydrogens is 528 g/mol. The van der Waals surface area contributed by atoms with Crippen molar-refractivity contribution in [2.45, 2.75) is 32.7 Å². The number of amides is 1. The molecule has 3 heterocycles. The third-order valence-corrected chi connectivity index (χ3v) is 7.46. The number of carbonyl (C=O) groups is 2. The third kappa shape index (κ3) is 6.28. The van der Waals surface area contributed by atoms with Crippen molar-refractivity contribution >= 4 is 17.4 Å². The molecule has 0 aromatic heterocycles. The van der Waals surface area contributed by atoms with Gasteiger partial charge in [0.15, 0.2) is 23.0 Å². The van der Waals surface area contributed by atoms with Gasteiger partial charge >= 0.3 is 0 Å². The van der Waals surface area contributed by atoms with E-state index in [1.54, 1.807) is 29.2 Å². The van der Waals surface area contributed by atoms with E-state index < -0.39 is 17.7 Å². The average molecular weight is 567 g/mol. The Bertz CT molecular complexity index is 1290. The molecule has 1 amide bonds. The van der Waals surface area contributed by atoms with Crippen LogP contribution in [0.15, 0.2) is 42.0 Å². The Labute approximate surface area is 240 Å². The molecular formula is C31H38N2O8. The van der Waals surface area contributed by atoms with E-state index in [0.29, 0.717) is 86.9 Å². The number of morpholine rings is 1. The Balaban J connectivity index is 1.55. The first-order valence-electron chi connectivity index (χ1n) is 14.4. The van der Waals surface area contributed by atoms with Gasteiger partial charge in [0.2, 0.25) is 0 Å². The predicted molar refractivity (Wildman–Crippen MR) is 152 cm³/mol. The molecule has 10 heteroatoms. The summed E-state index contributed by atoms with van der Waals surface area (Å²) in [5, 5.41) is 11.5. The van der Waals surface area contributed by atoms with Crippen molar-refractivity contribution < 1.29 is 38.4 Å². The SMILES string of the molecule is CCCCOc1ccc([C@@H]2C(=C(O)c3ccc4c(c3)OCCO4)C(=O)C(=O)N2CCN2CCOCC2)cc1OCC. The topological polar surface area (TPSA) is 107 Å². The smallest absolute Gasteiger partial charge is 0.295 e. The highest BCUT2D eigenvalue weighted by atomic mass is 16.6. The Hall–Kier alpha value is -3.76. The Morgan fingerprint density at radius 1 is 0.927 bits per heavy atom. The zero-order valence-corrected chi connectivity index (χ0v) is 23.7. The summed E-state index contributed by atoms with van der Waals surface area (Å²) in [7, 11) is 0. The lowest BCUT2D eigenvalue weighted by Gasteiger charge is -2.31. The quantitative estimate of drug-likeness (QED) is 0.188. The van der Waals surface area contributed by atoms with Crippen LogP contribution in [-0.2, 0) is 14.3 Å². The van der Waals surface area contributed by atoms with Crippen molar-refractivity contribution in [1.82, 2.24) is 9.80 Å². The largest absolute Gasteiger partial charge is 0.507 e. The molecule has 1 N–H and O–H groups in total. The Morgan fingerprint density at radius 3 is 2.46 bits per heavy atom. The minimum absolute atomic E-state index is 0.0238. The van der Waals surface area contributed by atoms with Crippen LogP contribution in [-0.4, -0.2) is 92.4 Å². The highest BCUT2D eigenvalue weighted by Gasteiger charge is 2.46. The molecule has 2 fully saturated rings. The van der Waals surface area contributed by atoms with Crippen LogP contribution in [0.2, 0.25) is 0 Å². The number of hydrogen-bond donors (Lipinski definition) is 1. The van der Waals surface area contributed by atoms with Crippen LogP contribution in [0, 0.1) is 0 Å². The van der Waals surface area contributed by atoms with Crippen molar-refractivity contribution in [3.05, 3.63) is 53.1 Å². The van der Waals surface area contributed by atoms with Crippen LogP contribution in [0.1, 0.15) is 43.9 Å². The number of rotatable bonds is 11. The number of carbonyl (C=O) groups excluding carboxylic acids is 2. The zero-order valence-electron chi connectivity index (χ0n) is 23.7. The lowest BCUT2D eigenvalue weighted by atomic mass is 9.94. The fraction of sp³-hybridized carbons (Fsp3) is 0.484. The maximum absolute atomic E-state index is 13.6. The van der Waals surface area contributed by atoms with Gasteiger partial charge in [0.1, 0.15) is 19.0 Å². The maximum Gasteiger partial charge on any atom is 0.295 e. The summed E-state index contributed by atoms with van der Waals surface area (Å²) in [6, 6.07) is 9.63. The number of benzene rings is 2. The van der Waals surface area contributed by atoms with E-state index in [4.69, 9.17) is 23.7 Å². The number of Topliss-reactive ketones (excluding diaryl/α,β-unsaturated/α-hetero) is 1. The summed E-state index contributed by atoms with van der Waals surface area (Å²) in [6.45, 7) is 9.43. The molecule has 0 saturated carbocycles. The monoisotopic (exact) mass is 566 g/mol. The first-order valence-corrected chi connectivity index (χ1v) is 14.4. The second kappa shape index (κ2) is 13.3. The van der Waals surface area contributed by atoms with Crippen LogP contribution in [0.3, 0.4) is 0 Å². The molecule has 10 nitrogen and oxygen atoms in total. The van der Waals surface area contributed by atoms with Crippen LogP contribution in [0.4, 0.5) is 0 Å². The number of aliphatic hydroxyl groups excluding tert-OH is 1. The molecule has 220 valence electrons. The fourth-order valence-electron chi connectivity index (χ4n) is 5.29. The number of hydrogen-bond acceptors (Lipinski definition) is 9. The minimum atomic E-state index is -0.812. The lowest BCUT2D eigenvalue weighted by Crippen LogP contribution is -2.42. The fourth-order valence-corrected chi connectivity index (χ4v) is 5.29. The highest BCUT2D eigenvalue weighted by Crippen LogP contribution is 2.43. The molecule has 3 aliphatic heterocycles. The van der Waals surface area contributed by atoms with Gasteiger partial charge in [-0.3, -0.25) is 14.5 Å². The van der Waals surface area contributed by atoms with Crippen molar-refractivity contribution in [3.8, 4) is 23.0 Å². The molecule has 0 unspecified atom stereocenters. The third-order valence-electron chi connectivity index (χ3n) is 7.46. The van der Waals surface area contributed by atoms with Crippen LogP contribution in [0.25, 0.3) is 5.76 Å². The normalized spacial score (nSPS) is 20.3. The van der Waals surface area contributed by atoms with Crippen LogP contribution >= 0.6 is 0 Å². The number of nitrogens with zero attached hydrogens (tertiary/aromatic N) is 2. The van der Waals surface area contributed by atoms with Gasteiger partial charge in [0, 0.05) is 31.7 Å². The van der Waals surface area contributed by atoms with Gasteiger partial charge in [-0.2, -0.15) is 0 Å². The number of aliphatic hydroxyl groups is 1. The first-order chi connectivity index (χ1) is 20.0. The first kappa shape index (κ1) is 28.8. The molecule has 0 radical (unpaired) electrons. The average Bonchev–Trinajstić information content (AvgIpc) is 3.26. The van der Waals surface area contributed by atoms with Gasteiger partial charge in [0.05, 0.1) is 38.0 Å². The van der Waals surface area contributed by atoms with E-state index in [-0.39, 0.29) is 11.3 Å². The highest BCUT2D eigenvalue weighted by molar-refractivity contribution is 6.46. The summed E-state index contributed by atoms with van der Waals surface area (Å²) in [5.74, 6) is 0.524. The molecule has 41 heavy (non-hydrogen) atoms. The van der Waals surface area contributed by atoms with Gasteiger partial charge in [0.25, 0.3) is 11.7 Å². The van der Waals surface area contributed by atoms with E-state index in [2.05, 4.69) is 11.8 Å². The Kier molecular flexibility index (Phi) is 9.31. The van der Waals surface area contributed by atoms with E-state index in [1.807, 2.05) is 19.1 Å². The molecule has 0 aliphatic carbocycles. The summed E-state index contributed by atoms with van der Waals surface area (Å²) in [5.41, 5.74) is 1.04. The summed E-state index contributed by atoms with van der Waals surface area (Å²) >= 11 is 0. The molecule has 3 aliphatic rings. The maximum atomic E-state index is 13.6. The van der Waals surface area contributed by atoms with E-state index in [9.17, 15) is 14.7 Å². The van der Waals surface area contributed by atoms with Crippen molar-refractivity contribution in [2.24, 2.45) is 0 Å². The summed E-state index contributed by atoms with van der Waals surface area (Å²) in [4.78, 5) is 30.8. The van der Waals surface area contributed by atoms with E-state index in [1.165, 1.54) is 0 Å². The van der Waals surface area contributed by atoms with Crippen LogP contribution in [0.5, 0.6) is 23.0 Å². The number of likely N-dealkylation sites (tertiary alicyclic amines) is 1. The standard InChI is InChI=1S/C31H38N2O8/c1-3-5-14-39-23-8-6-21(19-25(23)38-4-2)28-27(29(34)22-7-9-24-26(20-22)41-18-17-40-24)30(35)31(36)33(28)11-10-32-12-15-37-16-13-32/h6-9,19-20,28,34H,3-5,10-18H2,1-2H3/t28-/m1/s1. The number of unbranched alkanes of at least 4 members (excludes halogenated alkanes) is 1. The predicted octanol–water partition coefficient (Wildman–Crippen LogP) is 3.79. The Morgan fingerprint density at radius 2 is 1.71 bits per heavy atom. The lowest BCUT2D eigenvalue weighted by molar-refractivity contribution is -0.140. The molecule has 2 aromatic carbocycles. The second-order valence-corrected chi connectivity index (χ2v) is 10.1. The number of ether oxygens (including phenoxy) is 5. The summed E-state index contributed by atoms with van der Waals surface area (Å²) < 4.78 is 28.6. The van der Waals surface area contributed by atoms with Crippen molar-refractivity contribution in [1.29, 1.82) is 0 Å². The zero-order chi connectivity index (χ0) is 28.8. The molecule has 2 aromatic rings. The molecule has 5 rings (SSSR count). The molecule has 2 saturated heterocycles. The molecule has 1 atom stereocenters. The van der Waals surface area contributed by atoms with E-state index >= 15 is 0 Å². The molecule has 0 bridgehead atoms. The van der Waals surface area contributed by atoms with Gasteiger partial charge in [-0.1, -0.05) is 19.4 Å². The van der Waals surface area contributed by atoms with Gasteiger partial charge in [-0.25, -0.2) is 0 Å². The van der Waals surface area contributed by atoms with E-state index in [0.717, 1.165) is 25.9 Å². The van der Waals surface area contributed by atoms with Gasteiger partial charge < -0.3 is 33.7 Å². The van der Waals surface area contributed by atoms with Crippen molar-refractivity contribution in [2.75, 3.05) is 65.8 Å². The second-order valence-electron chi connectivity index (χ2n) is 10.1. The van der Waals surface area contributed by atoms with Gasteiger partial charge in [-0.05, 0) is 49.2 Å². The number of fused-ring (bicyclic) bond motifs is 1.